The molecule has 10 heteroatoms. The van der Waals surface area contributed by atoms with Crippen molar-refractivity contribution in [2.24, 2.45) is 5.92 Å². The minimum Gasteiger partial charge on any atom is -0.415 e. The third-order valence-corrected chi connectivity index (χ3v) is 4.91. The molecule has 1 aliphatic heterocycles. The van der Waals surface area contributed by atoms with E-state index in [2.05, 4.69) is 15.3 Å². The molecule has 1 aromatic carbocycles. The second-order valence-corrected chi connectivity index (χ2v) is 6.98. The van der Waals surface area contributed by atoms with E-state index in [1.54, 1.807) is 24.5 Å². The van der Waals surface area contributed by atoms with Crippen LogP contribution in [-0.2, 0) is 17.8 Å². The van der Waals surface area contributed by atoms with Crippen molar-refractivity contribution in [1.82, 2.24) is 15.3 Å². The van der Waals surface area contributed by atoms with Crippen LogP contribution < -0.4 is 10.2 Å². The fraction of sp³-hybridized carbons (Fsp3) is 0.190. The first-order valence-corrected chi connectivity index (χ1v) is 9.28. The van der Waals surface area contributed by atoms with Gasteiger partial charge in [-0.05, 0) is 41.8 Å². The number of nitrogens with zero attached hydrogens (tertiary/aromatic N) is 3. The van der Waals surface area contributed by atoms with Crippen molar-refractivity contribution in [2.75, 3.05) is 11.9 Å². The standard InChI is InChI=1S/C21H16F2N4O4/c1-27-20(30)13(8-12-2-3-14(22)15(23)9-12)17(28)16-21(27)31-19(26-16)18(29)25-10-11-4-6-24-7-5-11/h2-7,9,13H,8,10H2,1H3,(H,25,29). The quantitative estimate of drug-likeness (QED) is 0.628. The molecule has 0 saturated carbocycles. The van der Waals surface area contributed by atoms with E-state index in [0.717, 1.165) is 22.6 Å². The number of anilines is 1. The van der Waals surface area contributed by atoms with E-state index in [-0.39, 0.29) is 36.0 Å². The van der Waals surface area contributed by atoms with Gasteiger partial charge in [0.1, 0.15) is 5.92 Å². The third kappa shape index (κ3) is 3.91. The average molecular weight is 426 g/mol. The molecule has 0 fully saturated rings. The molecule has 1 N–H and O–H groups in total. The van der Waals surface area contributed by atoms with Gasteiger partial charge < -0.3 is 9.73 Å². The van der Waals surface area contributed by atoms with E-state index >= 15 is 0 Å². The summed E-state index contributed by atoms with van der Waals surface area (Å²) in [4.78, 5) is 46.9. The lowest BCUT2D eigenvalue weighted by Crippen LogP contribution is -2.43. The van der Waals surface area contributed by atoms with Crippen LogP contribution in [0.25, 0.3) is 0 Å². The molecule has 3 aromatic rings. The van der Waals surface area contributed by atoms with Gasteiger partial charge in [-0.15, -0.1) is 0 Å². The topological polar surface area (TPSA) is 105 Å². The molecule has 0 saturated heterocycles. The lowest BCUT2D eigenvalue weighted by Gasteiger charge is -2.25. The number of carbonyl (C=O) groups is 3. The number of aromatic nitrogens is 2. The minimum atomic E-state index is -1.19. The number of rotatable bonds is 5. The smallest absolute Gasteiger partial charge is 0.307 e. The summed E-state index contributed by atoms with van der Waals surface area (Å²) in [6, 6.07) is 6.61. The largest absolute Gasteiger partial charge is 0.415 e. The Balaban J connectivity index is 1.54. The molecule has 0 aliphatic carbocycles. The van der Waals surface area contributed by atoms with Crippen LogP contribution in [0.5, 0.6) is 0 Å². The first-order chi connectivity index (χ1) is 14.8. The normalized spacial score (nSPS) is 15.7. The van der Waals surface area contributed by atoms with E-state index in [1.165, 1.54) is 13.1 Å². The lowest BCUT2D eigenvalue weighted by molar-refractivity contribution is -0.121. The number of ketones is 1. The van der Waals surface area contributed by atoms with Crippen LogP contribution in [0.15, 0.2) is 47.1 Å². The number of Topliss-reactive ketones (excluding diaryl/α,β-unsaturated/α-hetero) is 1. The van der Waals surface area contributed by atoms with Crippen molar-refractivity contribution in [1.29, 1.82) is 0 Å². The molecule has 2 amide bonds. The molecule has 0 bridgehead atoms. The highest BCUT2D eigenvalue weighted by Gasteiger charge is 2.42. The van der Waals surface area contributed by atoms with Gasteiger partial charge in [0.2, 0.25) is 11.8 Å². The monoisotopic (exact) mass is 426 g/mol. The number of halogens is 2. The Bertz CT molecular complexity index is 1180. The summed E-state index contributed by atoms with van der Waals surface area (Å²) in [5.41, 5.74) is 0.916. The number of benzene rings is 1. The van der Waals surface area contributed by atoms with Crippen molar-refractivity contribution >= 4 is 23.5 Å². The second-order valence-electron chi connectivity index (χ2n) is 6.98. The molecule has 31 heavy (non-hydrogen) atoms. The zero-order valence-electron chi connectivity index (χ0n) is 16.3. The van der Waals surface area contributed by atoms with Crippen LogP contribution in [0.1, 0.15) is 32.3 Å². The molecule has 1 atom stereocenters. The van der Waals surface area contributed by atoms with Crippen LogP contribution in [0.3, 0.4) is 0 Å². The molecular formula is C21H16F2N4O4. The lowest BCUT2D eigenvalue weighted by atomic mass is 9.90. The van der Waals surface area contributed by atoms with Gasteiger partial charge in [0.25, 0.3) is 5.89 Å². The van der Waals surface area contributed by atoms with Crippen LogP contribution in [0.4, 0.5) is 14.7 Å². The number of amides is 2. The fourth-order valence-electron chi connectivity index (χ4n) is 3.25. The van der Waals surface area contributed by atoms with Gasteiger partial charge in [-0.3, -0.25) is 24.3 Å². The number of pyridine rings is 1. The van der Waals surface area contributed by atoms with Gasteiger partial charge >= 0.3 is 5.91 Å². The van der Waals surface area contributed by atoms with E-state index in [0.29, 0.717) is 0 Å². The molecule has 1 aliphatic rings. The maximum absolute atomic E-state index is 13.5. The van der Waals surface area contributed by atoms with Crippen LogP contribution in [0.2, 0.25) is 0 Å². The van der Waals surface area contributed by atoms with Gasteiger partial charge in [-0.2, -0.15) is 4.98 Å². The maximum atomic E-state index is 13.5. The molecule has 3 heterocycles. The summed E-state index contributed by atoms with van der Waals surface area (Å²) < 4.78 is 32.0. The highest BCUT2D eigenvalue weighted by atomic mass is 19.2. The van der Waals surface area contributed by atoms with Crippen molar-refractivity contribution in [3.05, 3.63) is 77.1 Å². The van der Waals surface area contributed by atoms with Crippen molar-refractivity contribution in [3.63, 3.8) is 0 Å². The summed E-state index contributed by atoms with van der Waals surface area (Å²) in [5.74, 6) is -5.69. The summed E-state index contributed by atoms with van der Waals surface area (Å²) in [6.45, 7) is 0.190. The van der Waals surface area contributed by atoms with E-state index < -0.39 is 35.1 Å². The van der Waals surface area contributed by atoms with Crippen molar-refractivity contribution in [2.45, 2.75) is 13.0 Å². The van der Waals surface area contributed by atoms with Crippen molar-refractivity contribution < 1.29 is 27.6 Å². The van der Waals surface area contributed by atoms with Crippen LogP contribution >= 0.6 is 0 Å². The predicted molar refractivity (Wildman–Crippen MR) is 103 cm³/mol. The first kappa shape index (κ1) is 20.3. The second kappa shape index (κ2) is 8.05. The summed E-state index contributed by atoms with van der Waals surface area (Å²) in [5, 5.41) is 2.61. The molecule has 158 valence electrons. The molecule has 1 unspecified atom stereocenters. The molecule has 0 radical (unpaired) electrons. The van der Waals surface area contributed by atoms with Gasteiger partial charge in [0.15, 0.2) is 23.1 Å². The van der Waals surface area contributed by atoms with Gasteiger partial charge in [0, 0.05) is 26.0 Å². The highest BCUT2D eigenvalue weighted by Crippen LogP contribution is 2.32. The van der Waals surface area contributed by atoms with Gasteiger partial charge in [-0.25, -0.2) is 8.78 Å². The number of carbonyl (C=O) groups excluding carboxylic acids is 3. The summed E-state index contributed by atoms with van der Waals surface area (Å²) in [7, 11) is 1.38. The van der Waals surface area contributed by atoms with Gasteiger partial charge in [0.05, 0.1) is 0 Å². The average Bonchev–Trinajstić information content (AvgIpc) is 3.23. The zero-order valence-corrected chi connectivity index (χ0v) is 16.3. The SMILES string of the molecule is CN1C(=O)C(Cc2ccc(F)c(F)c2)C(=O)c2nc(C(=O)NCc3ccncc3)oc21. The summed E-state index contributed by atoms with van der Waals surface area (Å²) in [6.07, 6.45) is 3.02. The predicted octanol–water partition coefficient (Wildman–Crippen LogP) is 2.30. The Kier molecular flexibility index (Phi) is 5.28. The highest BCUT2D eigenvalue weighted by molar-refractivity contribution is 6.20. The molecule has 2 aromatic heterocycles. The maximum Gasteiger partial charge on any atom is 0.307 e. The number of nitrogens with one attached hydrogen (secondary N) is 1. The van der Waals surface area contributed by atoms with Crippen LogP contribution in [0, 0.1) is 17.6 Å². The Morgan fingerprint density at radius 3 is 2.58 bits per heavy atom. The van der Waals surface area contributed by atoms with E-state index in [9.17, 15) is 23.2 Å². The van der Waals surface area contributed by atoms with E-state index in [4.69, 9.17) is 4.42 Å². The Morgan fingerprint density at radius 2 is 1.87 bits per heavy atom. The fourth-order valence-corrected chi connectivity index (χ4v) is 3.25. The van der Waals surface area contributed by atoms with Gasteiger partial charge in [-0.1, -0.05) is 6.07 Å². The number of oxazole rings is 1. The number of hydrogen-bond donors (Lipinski definition) is 1. The first-order valence-electron chi connectivity index (χ1n) is 9.28. The molecule has 8 nitrogen and oxygen atoms in total. The molecule has 0 spiro atoms. The number of hydrogen-bond acceptors (Lipinski definition) is 6. The minimum absolute atomic E-state index is 0.134. The summed E-state index contributed by atoms with van der Waals surface area (Å²) >= 11 is 0. The third-order valence-electron chi connectivity index (χ3n) is 4.91. The Labute approximate surface area is 174 Å². The molecular weight excluding hydrogens is 410 g/mol. The zero-order chi connectivity index (χ0) is 22.1. The molecule has 4 rings (SSSR count). The van der Waals surface area contributed by atoms with Crippen molar-refractivity contribution in [3.8, 4) is 0 Å². The Morgan fingerprint density at radius 1 is 1.13 bits per heavy atom. The van der Waals surface area contributed by atoms with Crippen LogP contribution in [-0.4, -0.2) is 34.6 Å². The number of fused-ring (bicyclic) bond motifs is 1. The Hall–Kier alpha value is -3.95. The van der Waals surface area contributed by atoms with E-state index in [1.807, 2.05) is 0 Å².